The molecule has 2 heterocycles. The monoisotopic (exact) mass is 254 g/mol. The van der Waals surface area contributed by atoms with Gasteiger partial charge in [0.2, 0.25) is 0 Å². The molecule has 1 aromatic heterocycles. The Labute approximate surface area is 107 Å². The van der Waals surface area contributed by atoms with Crippen LogP contribution in [0.1, 0.15) is 19.5 Å². The maximum Gasteiger partial charge on any atom is 0.311 e. The summed E-state index contributed by atoms with van der Waals surface area (Å²) < 4.78 is 17.2. The van der Waals surface area contributed by atoms with E-state index >= 15 is 0 Å². The summed E-state index contributed by atoms with van der Waals surface area (Å²) in [5.74, 6) is 0.395. The highest BCUT2D eigenvalue weighted by molar-refractivity contribution is 5.71. The number of alkyl halides is 1. The number of nitrogens with zero attached hydrogens (tertiary/aromatic N) is 2. The van der Waals surface area contributed by atoms with Gasteiger partial charge in [0.25, 0.3) is 0 Å². The van der Waals surface area contributed by atoms with Gasteiger partial charge in [-0.15, -0.1) is 0 Å². The van der Waals surface area contributed by atoms with Gasteiger partial charge in [0.1, 0.15) is 12.0 Å². The third-order valence-corrected chi connectivity index (χ3v) is 2.51. The Kier molecular flexibility index (Phi) is 5.55. The molecule has 1 fully saturated rings. The summed E-state index contributed by atoms with van der Waals surface area (Å²) in [6, 6.07) is 5.38. The smallest absolute Gasteiger partial charge is 0.311 e. The standard InChI is InChI=1S/C11H13FN2O2.C2H6/c1-16-11(15)5-9-3-2-4-10(13-9)14-6-8(12)7-14;1-2/h2-4,8H,5-7H2,1H3;1-2H3. The average Bonchev–Trinajstić information content (AvgIpc) is 2.37. The molecular weight excluding hydrogens is 235 g/mol. The first-order valence-electron chi connectivity index (χ1n) is 6.11. The first-order valence-corrected chi connectivity index (χ1v) is 6.11. The lowest BCUT2D eigenvalue weighted by atomic mass is 10.2. The maximum atomic E-state index is 12.7. The van der Waals surface area contributed by atoms with Crippen LogP contribution in [0, 0.1) is 0 Å². The molecule has 100 valence electrons. The highest BCUT2D eigenvalue weighted by Crippen LogP contribution is 2.20. The minimum absolute atomic E-state index is 0.150. The molecule has 1 aliphatic rings. The largest absolute Gasteiger partial charge is 0.469 e. The number of pyridine rings is 1. The zero-order chi connectivity index (χ0) is 13.5. The van der Waals surface area contributed by atoms with Crippen molar-refractivity contribution < 1.29 is 13.9 Å². The van der Waals surface area contributed by atoms with Crippen LogP contribution in [-0.4, -0.2) is 37.3 Å². The SMILES string of the molecule is CC.COC(=O)Cc1cccc(N2CC(F)C2)n1. The Hall–Kier alpha value is -1.65. The minimum atomic E-state index is -0.758. The van der Waals surface area contributed by atoms with Crippen molar-refractivity contribution in [1.29, 1.82) is 0 Å². The molecule has 0 aliphatic carbocycles. The maximum absolute atomic E-state index is 12.7. The fourth-order valence-corrected chi connectivity index (χ4v) is 1.57. The first-order chi connectivity index (χ1) is 8.69. The molecule has 1 aliphatic heterocycles. The zero-order valence-corrected chi connectivity index (χ0v) is 11.0. The van der Waals surface area contributed by atoms with Crippen LogP contribution in [0.5, 0.6) is 0 Å². The van der Waals surface area contributed by atoms with Crippen LogP contribution < -0.4 is 4.90 Å². The molecule has 18 heavy (non-hydrogen) atoms. The molecule has 0 aromatic carbocycles. The van der Waals surface area contributed by atoms with E-state index in [9.17, 15) is 9.18 Å². The number of esters is 1. The van der Waals surface area contributed by atoms with Gasteiger partial charge in [0.05, 0.1) is 32.3 Å². The molecule has 0 spiro atoms. The van der Waals surface area contributed by atoms with Crippen molar-refractivity contribution in [2.45, 2.75) is 26.4 Å². The highest BCUT2D eigenvalue weighted by Gasteiger charge is 2.27. The molecule has 0 unspecified atom stereocenters. The number of hydrogen-bond acceptors (Lipinski definition) is 4. The van der Waals surface area contributed by atoms with E-state index in [-0.39, 0.29) is 12.4 Å². The molecule has 0 atom stereocenters. The van der Waals surface area contributed by atoms with E-state index in [4.69, 9.17) is 0 Å². The Morgan fingerprint density at radius 1 is 1.50 bits per heavy atom. The predicted molar refractivity (Wildman–Crippen MR) is 68.4 cm³/mol. The number of anilines is 1. The lowest BCUT2D eigenvalue weighted by molar-refractivity contribution is -0.139. The molecule has 4 nitrogen and oxygen atoms in total. The van der Waals surface area contributed by atoms with E-state index in [2.05, 4.69) is 9.72 Å². The molecule has 2 rings (SSSR count). The molecule has 0 radical (unpaired) electrons. The van der Waals surface area contributed by atoms with E-state index in [0.717, 1.165) is 5.82 Å². The summed E-state index contributed by atoms with van der Waals surface area (Å²) in [5, 5.41) is 0. The number of carbonyl (C=O) groups excluding carboxylic acids is 1. The van der Waals surface area contributed by atoms with Gasteiger partial charge in [0, 0.05) is 0 Å². The van der Waals surface area contributed by atoms with E-state index in [1.54, 1.807) is 6.07 Å². The number of halogens is 1. The van der Waals surface area contributed by atoms with Gasteiger partial charge in [-0.25, -0.2) is 9.37 Å². The summed E-state index contributed by atoms with van der Waals surface area (Å²) in [5.41, 5.74) is 0.645. The number of hydrogen-bond donors (Lipinski definition) is 0. The van der Waals surface area contributed by atoms with Crippen LogP contribution in [0.3, 0.4) is 0 Å². The van der Waals surface area contributed by atoms with E-state index in [0.29, 0.717) is 18.8 Å². The van der Waals surface area contributed by atoms with Crippen LogP contribution in [-0.2, 0) is 16.0 Å². The number of rotatable bonds is 3. The van der Waals surface area contributed by atoms with E-state index in [1.165, 1.54) is 7.11 Å². The summed E-state index contributed by atoms with van der Waals surface area (Å²) >= 11 is 0. The van der Waals surface area contributed by atoms with Gasteiger partial charge >= 0.3 is 5.97 Å². The van der Waals surface area contributed by atoms with Crippen molar-refractivity contribution in [1.82, 2.24) is 4.98 Å². The van der Waals surface area contributed by atoms with Gasteiger partial charge in [0.15, 0.2) is 0 Å². The number of ether oxygens (including phenoxy) is 1. The fraction of sp³-hybridized carbons (Fsp3) is 0.538. The molecule has 0 bridgehead atoms. The van der Waals surface area contributed by atoms with Crippen molar-refractivity contribution in [2.24, 2.45) is 0 Å². The Morgan fingerprint density at radius 3 is 2.72 bits per heavy atom. The average molecular weight is 254 g/mol. The Morgan fingerprint density at radius 2 is 2.17 bits per heavy atom. The molecule has 5 heteroatoms. The number of carbonyl (C=O) groups is 1. The predicted octanol–water partition coefficient (Wildman–Crippen LogP) is 1.98. The van der Waals surface area contributed by atoms with Crippen molar-refractivity contribution in [2.75, 3.05) is 25.1 Å². The number of methoxy groups -OCH3 is 1. The Balaban J connectivity index is 0.000000771. The van der Waals surface area contributed by atoms with Gasteiger partial charge < -0.3 is 9.64 Å². The van der Waals surface area contributed by atoms with Gasteiger partial charge in [-0.1, -0.05) is 19.9 Å². The quantitative estimate of drug-likeness (QED) is 0.774. The first kappa shape index (κ1) is 14.4. The highest BCUT2D eigenvalue weighted by atomic mass is 19.1. The van der Waals surface area contributed by atoms with Crippen LogP contribution in [0.15, 0.2) is 18.2 Å². The zero-order valence-electron chi connectivity index (χ0n) is 11.0. The van der Waals surface area contributed by atoms with Crippen LogP contribution in [0.4, 0.5) is 10.2 Å². The van der Waals surface area contributed by atoms with Crippen molar-refractivity contribution in [3.8, 4) is 0 Å². The fourth-order valence-electron chi connectivity index (χ4n) is 1.57. The molecule has 0 saturated carbocycles. The summed E-state index contributed by atoms with van der Waals surface area (Å²) in [6.07, 6.45) is -0.608. The number of aromatic nitrogens is 1. The van der Waals surface area contributed by atoms with Crippen molar-refractivity contribution in [3.63, 3.8) is 0 Å². The van der Waals surface area contributed by atoms with Crippen LogP contribution in [0.2, 0.25) is 0 Å². The summed E-state index contributed by atoms with van der Waals surface area (Å²) in [6.45, 7) is 4.77. The Bertz CT molecular complexity index is 392. The second-order valence-corrected chi connectivity index (χ2v) is 3.74. The molecule has 0 N–H and O–H groups in total. The van der Waals surface area contributed by atoms with E-state index < -0.39 is 6.17 Å². The van der Waals surface area contributed by atoms with Crippen molar-refractivity contribution in [3.05, 3.63) is 23.9 Å². The van der Waals surface area contributed by atoms with Crippen LogP contribution in [0.25, 0.3) is 0 Å². The molecule has 0 amide bonds. The van der Waals surface area contributed by atoms with Gasteiger partial charge in [-0.05, 0) is 12.1 Å². The van der Waals surface area contributed by atoms with Gasteiger partial charge in [-0.2, -0.15) is 0 Å². The van der Waals surface area contributed by atoms with Crippen LogP contribution >= 0.6 is 0 Å². The second kappa shape index (κ2) is 6.93. The third-order valence-electron chi connectivity index (χ3n) is 2.51. The van der Waals surface area contributed by atoms with E-state index in [1.807, 2.05) is 30.9 Å². The molecule has 1 aromatic rings. The molecule has 1 saturated heterocycles. The lowest BCUT2D eigenvalue weighted by Crippen LogP contribution is -2.48. The lowest BCUT2D eigenvalue weighted by Gasteiger charge is -2.35. The summed E-state index contributed by atoms with van der Waals surface area (Å²) in [7, 11) is 1.34. The second-order valence-electron chi connectivity index (χ2n) is 3.74. The normalized spacial score (nSPS) is 14.3. The minimum Gasteiger partial charge on any atom is -0.469 e. The van der Waals surface area contributed by atoms with Crippen molar-refractivity contribution >= 4 is 11.8 Å². The topological polar surface area (TPSA) is 42.4 Å². The summed E-state index contributed by atoms with van der Waals surface area (Å²) in [4.78, 5) is 17.2. The molecular formula is C13H19FN2O2. The van der Waals surface area contributed by atoms with Gasteiger partial charge in [-0.3, -0.25) is 4.79 Å². The third kappa shape index (κ3) is 3.68.